The zero-order chi connectivity index (χ0) is 15.4. The third-order valence-electron chi connectivity index (χ3n) is 5.12. The lowest BCUT2D eigenvalue weighted by molar-refractivity contribution is -0.141. The van der Waals surface area contributed by atoms with E-state index in [-0.39, 0.29) is 10.5 Å². The summed E-state index contributed by atoms with van der Waals surface area (Å²) in [6, 6.07) is 0. The van der Waals surface area contributed by atoms with Crippen LogP contribution >= 0.6 is 0 Å². The van der Waals surface area contributed by atoms with E-state index in [2.05, 4.69) is 40.4 Å². The van der Waals surface area contributed by atoms with E-state index in [9.17, 15) is 5.21 Å². The third-order valence-corrected chi connectivity index (χ3v) is 9.66. The van der Waals surface area contributed by atoms with E-state index in [0.29, 0.717) is 0 Å². The number of nitrogens with zero attached hydrogens (tertiary/aromatic N) is 1. The van der Waals surface area contributed by atoms with Crippen molar-refractivity contribution in [2.45, 2.75) is 64.6 Å². The van der Waals surface area contributed by atoms with E-state index >= 15 is 0 Å². The number of hydrogen-bond donors (Lipinski definition) is 1. The predicted octanol–water partition coefficient (Wildman–Crippen LogP) is 4.45. The van der Waals surface area contributed by atoms with Crippen LogP contribution in [0.2, 0.25) is 18.1 Å². The van der Waals surface area contributed by atoms with Gasteiger partial charge in [-0.1, -0.05) is 26.8 Å². The van der Waals surface area contributed by atoms with Crippen molar-refractivity contribution in [1.29, 1.82) is 0 Å². The summed E-state index contributed by atoms with van der Waals surface area (Å²) in [5.74, 6) is 0. The lowest BCUT2D eigenvalue weighted by Crippen LogP contribution is -2.44. The molecular formula is C16H33NO2Si. The van der Waals surface area contributed by atoms with Gasteiger partial charge in [-0.2, -0.15) is 5.06 Å². The molecule has 1 N–H and O–H groups in total. The van der Waals surface area contributed by atoms with Gasteiger partial charge in [0, 0.05) is 19.7 Å². The van der Waals surface area contributed by atoms with Gasteiger partial charge in [0.25, 0.3) is 0 Å². The Hall–Kier alpha value is -0.163. The van der Waals surface area contributed by atoms with E-state index in [0.717, 1.165) is 45.4 Å². The van der Waals surface area contributed by atoms with Crippen LogP contribution in [0.5, 0.6) is 0 Å². The summed E-state index contributed by atoms with van der Waals surface area (Å²) in [4.78, 5) is 0. The maximum Gasteiger partial charge on any atom is 0.191 e. The van der Waals surface area contributed by atoms with Gasteiger partial charge in [0.1, 0.15) is 0 Å². The molecule has 1 unspecified atom stereocenters. The largest absolute Gasteiger partial charge is 0.417 e. The second-order valence-electron chi connectivity index (χ2n) is 7.84. The lowest BCUT2D eigenvalue weighted by Gasteiger charge is -2.42. The molecule has 4 heteroatoms. The molecule has 1 saturated heterocycles. The number of piperidine rings is 1. The van der Waals surface area contributed by atoms with Gasteiger partial charge in [-0.15, -0.1) is 6.58 Å². The van der Waals surface area contributed by atoms with Gasteiger partial charge in [-0.3, -0.25) is 0 Å². The monoisotopic (exact) mass is 299 g/mol. The molecule has 0 aromatic rings. The van der Waals surface area contributed by atoms with Gasteiger partial charge in [-0.25, -0.2) is 0 Å². The SMILES string of the molecule is C=CCC1(CCO[Si](C)(C)C(C)(C)C)CCCN(O)C1. The molecule has 0 aliphatic carbocycles. The Morgan fingerprint density at radius 2 is 2.05 bits per heavy atom. The first kappa shape index (κ1) is 17.9. The van der Waals surface area contributed by atoms with Gasteiger partial charge in [-0.05, 0) is 49.2 Å². The highest BCUT2D eigenvalue weighted by Gasteiger charge is 2.39. The average Bonchev–Trinajstić information content (AvgIpc) is 2.27. The van der Waals surface area contributed by atoms with Crippen molar-refractivity contribution in [3.63, 3.8) is 0 Å². The lowest BCUT2D eigenvalue weighted by atomic mass is 9.75. The van der Waals surface area contributed by atoms with Gasteiger partial charge >= 0.3 is 0 Å². The van der Waals surface area contributed by atoms with Crippen molar-refractivity contribution in [3.8, 4) is 0 Å². The Kier molecular flexibility index (Phi) is 6.02. The van der Waals surface area contributed by atoms with E-state index in [4.69, 9.17) is 4.43 Å². The molecule has 0 bridgehead atoms. The summed E-state index contributed by atoms with van der Waals surface area (Å²) in [6.45, 7) is 17.6. The van der Waals surface area contributed by atoms with Crippen LogP contribution in [0.25, 0.3) is 0 Å². The number of allylic oxidation sites excluding steroid dienone is 1. The molecule has 0 aromatic carbocycles. The standard InChI is InChI=1S/C16H33NO2Si/c1-7-9-16(10-8-12-17(18)14-16)11-13-19-20(5,6)15(2,3)4/h7,18H,1,8-14H2,2-6H3. The molecule has 0 amide bonds. The minimum absolute atomic E-state index is 0.150. The molecule has 0 saturated carbocycles. The summed E-state index contributed by atoms with van der Waals surface area (Å²) in [7, 11) is -1.66. The zero-order valence-electron chi connectivity index (χ0n) is 14.0. The van der Waals surface area contributed by atoms with E-state index < -0.39 is 8.32 Å². The smallest absolute Gasteiger partial charge is 0.191 e. The average molecular weight is 300 g/mol. The number of rotatable bonds is 6. The summed E-state index contributed by atoms with van der Waals surface area (Å²) in [5, 5.41) is 11.6. The van der Waals surface area contributed by atoms with Crippen LogP contribution < -0.4 is 0 Å². The Morgan fingerprint density at radius 3 is 2.55 bits per heavy atom. The Morgan fingerprint density at radius 1 is 1.40 bits per heavy atom. The van der Waals surface area contributed by atoms with Gasteiger partial charge in [0.15, 0.2) is 8.32 Å². The fourth-order valence-electron chi connectivity index (χ4n) is 2.70. The van der Waals surface area contributed by atoms with Crippen LogP contribution in [-0.2, 0) is 4.43 Å². The van der Waals surface area contributed by atoms with Crippen LogP contribution in [0, 0.1) is 5.41 Å². The molecule has 3 nitrogen and oxygen atoms in total. The van der Waals surface area contributed by atoms with Crippen molar-refractivity contribution in [2.24, 2.45) is 5.41 Å². The van der Waals surface area contributed by atoms with Crippen molar-refractivity contribution in [2.75, 3.05) is 19.7 Å². The van der Waals surface area contributed by atoms with Crippen LogP contribution in [0.1, 0.15) is 46.5 Å². The Bertz CT molecular complexity index is 325. The normalized spacial score (nSPS) is 25.7. The second kappa shape index (κ2) is 6.73. The molecule has 1 aliphatic heterocycles. The summed E-state index contributed by atoms with van der Waals surface area (Å²) in [6.07, 6.45) is 6.19. The fraction of sp³-hybridized carbons (Fsp3) is 0.875. The first-order chi connectivity index (χ1) is 9.12. The van der Waals surface area contributed by atoms with E-state index in [1.807, 2.05) is 6.08 Å². The molecule has 1 fully saturated rings. The molecule has 0 aromatic heterocycles. The first-order valence-electron chi connectivity index (χ1n) is 7.81. The third kappa shape index (κ3) is 4.69. The highest BCUT2D eigenvalue weighted by molar-refractivity contribution is 6.74. The topological polar surface area (TPSA) is 32.7 Å². The predicted molar refractivity (Wildman–Crippen MR) is 87.6 cm³/mol. The van der Waals surface area contributed by atoms with Gasteiger partial charge in [0.05, 0.1) is 0 Å². The summed E-state index contributed by atoms with van der Waals surface area (Å²) >= 11 is 0. The highest BCUT2D eigenvalue weighted by atomic mass is 28.4. The van der Waals surface area contributed by atoms with Crippen LogP contribution in [-0.4, -0.2) is 38.3 Å². The summed E-state index contributed by atoms with van der Waals surface area (Å²) < 4.78 is 6.31. The molecule has 0 radical (unpaired) electrons. The van der Waals surface area contributed by atoms with E-state index in [1.165, 1.54) is 5.06 Å². The molecule has 1 atom stereocenters. The number of hydroxylamine groups is 2. The van der Waals surface area contributed by atoms with Crippen molar-refractivity contribution >= 4 is 8.32 Å². The molecule has 1 rings (SSSR count). The molecular weight excluding hydrogens is 266 g/mol. The molecule has 0 spiro atoms. The molecule has 118 valence electrons. The minimum Gasteiger partial charge on any atom is -0.417 e. The quantitative estimate of drug-likeness (QED) is 0.581. The van der Waals surface area contributed by atoms with Gasteiger partial charge < -0.3 is 9.63 Å². The molecule has 1 heterocycles. The first-order valence-corrected chi connectivity index (χ1v) is 10.7. The van der Waals surface area contributed by atoms with Crippen molar-refractivity contribution in [3.05, 3.63) is 12.7 Å². The Balaban J connectivity index is 2.58. The van der Waals surface area contributed by atoms with Crippen molar-refractivity contribution in [1.82, 2.24) is 5.06 Å². The van der Waals surface area contributed by atoms with Gasteiger partial charge in [0.2, 0.25) is 0 Å². The van der Waals surface area contributed by atoms with E-state index in [1.54, 1.807) is 0 Å². The fourth-order valence-corrected chi connectivity index (χ4v) is 3.75. The number of hydrogen-bond acceptors (Lipinski definition) is 3. The minimum atomic E-state index is -1.66. The Labute approximate surface area is 126 Å². The zero-order valence-corrected chi connectivity index (χ0v) is 15.0. The van der Waals surface area contributed by atoms with Crippen LogP contribution in [0.4, 0.5) is 0 Å². The second-order valence-corrected chi connectivity index (χ2v) is 12.7. The molecule has 1 aliphatic rings. The maximum atomic E-state index is 9.83. The maximum absolute atomic E-state index is 9.83. The highest BCUT2D eigenvalue weighted by Crippen LogP contribution is 2.39. The van der Waals surface area contributed by atoms with Crippen molar-refractivity contribution < 1.29 is 9.63 Å². The van der Waals surface area contributed by atoms with Crippen LogP contribution in [0.15, 0.2) is 12.7 Å². The summed E-state index contributed by atoms with van der Waals surface area (Å²) in [5.41, 5.74) is 0.150. The van der Waals surface area contributed by atoms with Crippen LogP contribution in [0.3, 0.4) is 0 Å². The molecule has 20 heavy (non-hydrogen) atoms.